The molecule has 4 N–H and O–H groups in total. The molecule has 0 radical (unpaired) electrons. The second kappa shape index (κ2) is 9.75. The van der Waals surface area contributed by atoms with E-state index in [2.05, 4.69) is 14.9 Å². The van der Waals surface area contributed by atoms with E-state index in [9.17, 15) is 23.3 Å². The van der Waals surface area contributed by atoms with Gasteiger partial charge in [0.05, 0.1) is 17.4 Å². The minimum atomic E-state index is -5.23. The molecular formula is C15H21FNO10P3S2. The molecule has 0 aromatic carbocycles. The number of hydrogen-bond donors (Lipinski definition) is 4. The van der Waals surface area contributed by atoms with Crippen LogP contribution in [0, 0.1) is 16.4 Å². The first-order chi connectivity index (χ1) is 14.7. The number of phosphoric acid groups is 2. The van der Waals surface area contributed by atoms with Crippen molar-refractivity contribution in [1.29, 1.82) is 0 Å². The summed E-state index contributed by atoms with van der Waals surface area (Å²) in [7, 11) is -13.4. The molecule has 32 heavy (non-hydrogen) atoms. The number of fused-ring (bicyclic) bond motifs is 1. The number of aromatic nitrogens is 1. The van der Waals surface area contributed by atoms with Gasteiger partial charge in [-0.05, 0) is 30.6 Å². The van der Waals surface area contributed by atoms with Gasteiger partial charge in [0.1, 0.15) is 10.5 Å². The molecule has 0 saturated heterocycles. The number of ether oxygens (including phenoxy) is 1. The van der Waals surface area contributed by atoms with Gasteiger partial charge in [-0.3, -0.25) is 4.52 Å². The molecule has 3 rings (SSSR count). The van der Waals surface area contributed by atoms with Crippen LogP contribution in [0.15, 0.2) is 17.6 Å². The molecule has 2 aromatic heterocycles. The fourth-order valence-corrected chi connectivity index (χ4v) is 8.48. The lowest BCUT2D eigenvalue weighted by Crippen LogP contribution is -2.20. The average Bonchev–Trinajstić information content (AvgIpc) is 3.27. The van der Waals surface area contributed by atoms with Crippen LogP contribution in [0.4, 0.5) is 4.39 Å². The first-order valence-corrected chi connectivity index (χ1v) is 15.0. The third-order valence-electron chi connectivity index (χ3n) is 4.82. The van der Waals surface area contributed by atoms with Crippen molar-refractivity contribution in [3.05, 3.63) is 28.1 Å². The van der Waals surface area contributed by atoms with Crippen molar-refractivity contribution < 1.29 is 51.0 Å². The molecule has 4 unspecified atom stereocenters. The molecule has 1 fully saturated rings. The highest BCUT2D eigenvalue weighted by Crippen LogP contribution is 2.66. The van der Waals surface area contributed by atoms with Crippen molar-refractivity contribution in [3.63, 3.8) is 0 Å². The lowest BCUT2D eigenvalue weighted by Gasteiger charge is -2.23. The molecule has 0 amide bonds. The molecule has 5 atom stereocenters. The van der Waals surface area contributed by atoms with Crippen LogP contribution in [0.1, 0.15) is 18.9 Å². The number of halogens is 1. The summed E-state index contributed by atoms with van der Waals surface area (Å²) < 4.78 is 58.8. The summed E-state index contributed by atoms with van der Waals surface area (Å²) in [4.78, 5) is 36.9. The zero-order valence-corrected chi connectivity index (χ0v) is 20.8. The summed E-state index contributed by atoms with van der Waals surface area (Å²) in [6.07, 6.45) is 4.58. The number of methoxy groups -OCH3 is 1. The summed E-state index contributed by atoms with van der Waals surface area (Å²) in [5.74, 6) is -0.849. The molecule has 2 heterocycles. The fraction of sp³-hybridized carbons (Fsp3) is 0.467. The minimum Gasteiger partial charge on any atom is -0.381 e. The number of rotatable bonds is 9. The molecular weight excluding hydrogens is 530 g/mol. The normalized spacial score (nSPS) is 25.6. The Morgan fingerprint density at radius 3 is 2.59 bits per heavy atom. The van der Waals surface area contributed by atoms with Gasteiger partial charge in [-0.2, -0.15) is 0 Å². The second-order valence-electron chi connectivity index (χ2n) is 7.07. The van der Waals surface area contributed by atoms with Crippen LogP contribution in [-0.2, 0) is 27.0 Å². The quantitative estimate of drug-likeness (QED) is 0.264. The van der Waals surface area contributed by atoms with Gasteiger partial charge in [-0.1, -0.05) is 12.2 Å². The molecule has 1 aliphatic rings. The van der Waals surface area contributed by atoms with Crippen LogP contribution in [0.5, 0.6) is 0 Å². The number of thiophene rings is 1. The Morgan fingerprint density at radius 1 is 1.28 bits per heavy atom. The zero-order chi connectivity index (χ0) is 23.9. The Labute approximate surface area is 191 Å². The molecule has 11 nitrogen and oxygen atoms in total. The van der Waals surface area contributed by atoms with Gasteiger partial charge < -0.3 is 28.9 Å². The molecule has 2 aromatic rings. The van der Waals surface area contributed by atoms with Crippen molar-refractivity contribution in [1.82, 2.24) is 4.57 Å². The third kappa shape index (κ3) is 6.43. The lowest BCUT2D eigenvalue weighted by molar-refractivity contribution is 0.0442. The molecule has 0 aliphatic heterocycles. The SMILES string of the molecule is C=P(O)(OP(=O)(O)O)OP(=O)(O)OC[C@H]1CC(n2cc(F)c3ccsc3c2=S)CC1OC. The number of nitrogens with zero attached hydrogens (tertiary/aromatic N) is 1. The van der Waals surface area contributed by atoms with Gasteiger partial charge in [-0.15, -0.1) is 11.3 Å². The maximum absolute atomic E-state index is 14.5. The van der Waals surface area contributed by atoms with Gasteiger partial charge in [-0.25, -0.2) is 22.1 Å². The van der Waals surface area contributed by atoms with Crippen molar-refractivity contribution >= 4 is 63.2 Å². The summed E-state index contributed by atoms with van der Waals surface area (Å²) in [5.41, 5.74) is 0. The van der Waals surface area contributed by atoms with E-state index in [-0.39, 0.29) is 12.6 Å². The van der Waals surface area contributed by atoms with Gasteiger partial charge in [0, 0.05) is 30.7 Å². The number of phosphoric ester groups is 1. The topological polar surface area (TPSA) is 157 Å². The van der Waals surface area contributed by atoms with Crippen LogP contribution >= 0.6 is 46.8 Å². The van der Waals surface area contributed by atoms with E-state index >= 15 is 0 Å². The van der Waals surface area contributed by atoms with E-state index < -0.39 is 41.1 Å². The predicted molar refractivity (Wildman–Crippen MR) is 119 cm³/mol. The highest BCUT2D eigenvalue weighted by Gasteiger charge is 2.40. The Hall–Kier alpha value is -0.300. The summed E-state index contributed by atoms with van der Waals surface area (Å²) >= 11 is 6.84. The summed E-state index contributed by atoms with van der Waals surface area (Å²) in [6, 6.07) is 1.39. The molecule has 1 aliphatic carbocycles. The first-order valence-electron chi connectivity index (χ1n) is 8.94. The van der Waals surface area contributed by atoms with E-state index in [0.717, 1.165) is 0 Å². The maximum atomic E-state index is 14.5. The Kier molecular flexibility index (Phi) is 8.02. The standard InChI is InChI=1S/C15H21FNO10P3S2/c1-24-13-6-10(17-7-12(16)11-3-4-32-14(11)15(17)31)5-9(13)8-25-30(22,23)27-28(2,18)26-29(19,20)21/h3-4,7,9-10,13,18H,2,5-6,8H2,1H3,(H,22,23)(H2,19,20,21)/t9-,10?,13?,28?/m1/s1. The van der Waals surface area contributed by atoms with Crippen molar-refractivity contribution in [2.45, 2.75) is 25.0 Å². The Morgan fingerprint density at radius 2 is 1.97 bits per heavy atom. The highest BCUT2D eigenvalue weighted by atomic mass is 32.1. The van der Waals surface area contributed by atoms with Crippen LogP contribution in [0.2, 0.25) is 0 Å². The Balaban J connectivity index is 1.71. The van der Waals surface area contributed by atoms with Crippen molar-refractivity contribution in [2.24, 2.45) is 5.92 Å². The molecule has 180 valence electrons. The van der Waals surface area contributed by atoms with Crippen molar-refractivity contribution in [3.8, 4) is 0 Å². The van der Waals surface area contributed by atoms with E-state index in [1.165, 1.54) is 24.6 Å². The molecule has 17 heteroatoms. The van der Waals surface area contributed by atoms with E-state index in [1.807, 2.05) is 0 Å². The number of pyridine rings is 1. The predicted octanol–water partition coefficient (Wildman–Crippen LogP) is 3.97. The fourth-order valence-electron chi connectivity index (χ4n) is 3.61. The van der Waals surface area contributed by atoms with Crippen molar-refractivity contribution in [2.75, 3.05) is 13.7 Å². The van der Waals surface area contributed by atoms with Crippen LogP contribution < -0.4 is 0 Å². The van der Waals surface area contributed by atoms with E-state index in [0.29, 0.717) is 27.6 Å². The maximum Gasteiger partial charge on any atom is 0.478 e. The summed E-state index contributed by atoms with van der Waals surface area (Å²) in [5, 5.41) is 2.19. The Bertz CT molecular complexity index is 1200. The van der Waals surface area contributed by atoms with Crippen LogP contribution in [0.3, 0.4) is 0 Å². The van der Waals surface area contributed by atoms with Gasteiger partial charge in [0.25, 0.3) is 7.57 Å². The molecule has 0 spiro atoms. The monoisotopic (exact) mass is 551 g/mol. The lowest BCUT2D eigenvalue weighted by atomic mass is 10.1. The van der Waals surface area contributed by atoms with E-state index in [4.69, 9.17) is 31.3 Å². The number of hydrogen-bond acceptors (Lipinski definition) is 9. The van der Waals surface area contributed by atoms with Gasteiger partial charge in [0.2, 0.25) is 0 Å². The van der Waals surface area contributed by atoms with Crippen LogP contribution in [-0.4, -0.2) is 50.3 Å². The first kappa shape index (κ1) is 26.3. The molecule has 1 saturated carbocycles. The van der Waals surface area contributed by atoms with Crippen LogP contribution in [0.25, 0.3) is 10.1 Å². The minimum absolute atomic E-state index is 0.267. The van der Waals surface area contributed by atoms with Gasteiger partial charge >= 0.3 is 15.6 Å². The highest BCUT2D eigenvalue weighted by molar-refractivity contribution is 7.72. The molecule has 0 bridgehead atoms. The summed E-state index contributed by atoms with van der Waals surface area (Å²) in [6.45, 7) is -0.365. The zero-order valence-electron chi connectivity index (χ0n) is 16.5. The second-order valence-corrected chi connectivity index (χ2v) is 13.1. The third-order valence-corrected chi connectivity index (χ3v) is 10.5. The smallest absolute Gasteiger partial charge is 0.381 e. The van der Waals surface area contributed by atoms with Gasteiger partial charge in [0.15, 0.2) is 0 Å². The average molecular weight is 551 g/mol. The van der Waals surface area contributed by atoms with E-state index in [1.54, 1.807) is 16.0 Å². The largest absolute Gasteiger partial charge is 0.478 e.